The predicted octanol–water partition coefficient (Wildman–Crippen LogP) is 7.26. The number of ether oxygens (including phenoxy) is 4. The maximum Gasteiger partial charge on any atom is 0.309 e. The number of carbonyl (C=O) groups excluding carboxylic acids is 1. The van der Waals surface area contributed by atoms with Crippen molar-refractivity contribution in [3.8, 4) is 22.6 Å². The van der Waals surface area contributed by atoms with Crippen molar-refractivity contribution in [3.05, 3.63) is 82.2 Å². The van der Waals surface area contributed by atoms with E-state index in [9.17, 15) is 4.79 Å². The minimum absolute atomic E-state index is 0.0459. The molecule has 3 aliphatic rings. The van der Waals surface area contributed by atoms with Crippen LogP contribution in [0, 0.1) is 31.5 Å². The molecule has 0 radical (unpaired) electrons. The summed E-state index contributed by atoms with van der Waals surface area (Å²) in [5, 5.41) is 0. The third-order valence-corrected chi connectivity index (χ3v) is 8.53. The Morgan fingerprint density at radius 1 is 1.02 bits per heavy atom. The molecule has 1 heterocycles. The molecule has 4 atom stereocenters. The average molecular weight is 545 g/mol. The maximum atomic E-state index is 15.3. The van der Waals surface area contributed by atoms with Gasteiger partial charge in [0.05, 0.1) is 25.7 Å². The van der Waals surface area contributed by atoms with Crippen LogP contribution < -0.4 is 9.47 Å². The summed E-state index contributed by atoms with van der Waals surface area (Å²) < 4.78 is 38.3. The van der Waals surface area contributed by atoms with Gasteiger partial charge >= 0.3 is 5.97 Å². The molecule has 5 nitrogen and oxygen atoms in total. The Bertz CT molecular complexity index is 1370. The molecule has 0 bridgehead atoms. The maximum absolute atomic E-state index is 15.3. The molecule has 0 N–H and O–H groups in total. The second-order valence-corrected chi connectivity index (χ2v) is 11.4. The number of aryl methyl sites for hydroxylation is 2. The Balaban J connectivity index is 1.18. The fourth-order valence-corrected chi connectivity index (χ4v) is 6.42. The van der Waals surface area contributed by atoms with E-state index in [1.54, 1.807) is 6.07 Å². The topological polar surface area (TPSA) is 54.0 Å². The van der Waals surface area contributed by atoms with Crippen LogP contribution in [-0.4, -0.2) is 32.4 Å². The van der Waals surface area contributed by atoms with Crippen LogP contribution in [0.25, 0.3) is 11.1 Å². The molecule has 6 rings (SSSR count). The summed E-state index contributed by atoms with van der Waals surface area (Å²) in [6.45, 7) is 8.68. The number of fused-ring (bicyclic) bond motifs is 1. The van der Waals surface area contributed by atoms with Crippen molar-refractivity contribution in [2.75, 3.05) is 26.4 Å². The first kappa shape index (κ1) is 26.8. The van der Waals surface area contributed by atoms with Gasteiger partial charge < -0.3 is 18.9 Å². The third-order valence-electron chi connectivity index (χ3n) is 8.53. The molecule has 0 aromatic heterocycles. The van der Waals surface area contributed by atoms with E-state index in [4.69, 9.17) is 18.9 Å². The summed E-state index contributed by atoms with van der Waals surface area (Å²) in [5.41, 5.74) is 7.24. The molecule has 2 aliphatic carbocycles. The van der Waals surface area contributed by atoms with Crippen molar-refractivity contribution in [2.24, 2.45) is 11.8 Å². The molecule has 210 valence electrons. The van der Waals surface area contributed by atoms with Gasteiger partial charge in [-0.2, -0.15) is 0 Å². The van der Waals surface area contributed by atoms with Gasteiger partial charge in [-0.1, -0.05) is 18.2 Å². The van der Waals surface area contributed by atoms with Gasteiger partial charge in [0.25, 0.3) is 0 Å². The quantitative estimate of drug-likeness (QED) is 0.266. The second-order valence-electron chi connectivity index (χ2n) is 11.4. The van der Waals surface area contributed by atoms with Crippen LogP contribution in [0.5, 0.6) is 11.5 Å². The Morgan fingerprint density at radius 2 is 1.80 bits per heavy atom. The molecule has 0 spiro atoms. The van der Waals surface area contributed by atoms with Crippen molar-refractivity contribution < 1.29 is 28.1 Å². The van der Waals surface area contributed by atoms with Crippen LogP contribution >= 0.6 is 0 Å². The second kappa shape index (κ2) is 11.2. The first-order valence-electron chi connectivity index (χ1n) is 14.5. The van der Waals surface area contributed by atoms with E-state index in [0.717, 1.165) is 78.0 Å². The van der Waals surface area contributed by atoms with E-state index in [1.807, 2.05) is 37.3 Å². The predicted molar refractivity (Wildman–Crippen MR) is 151 cm³/mol. The Hall–Kier alpha value is -3.38. The molecule has 3 aromatic rings. The standard InChI is InChI=1S/C34H37FO5/c1-4-38-34(36)29-17-28(29)23-5-7-24(8-6-23)40-31-12-10-27-26(9-11-30(35)33(27)31)32-20(2)15-25(16-21(32)3)39-19-22-13-14-37-18-22/h5-9,11,15-16,22,28-29,31H,4,10,12-14,17-19H2,1-3H3/t22?,28-,29+,31-/m1/s1. The van der Waals surface area contributed by atoms with E-state index >= 15 is 4.39 Å². The van der Waals surface area contributed by atoms with Gasteiger partial charge in [-0.3, -0.25) is 4.79 Å². The molecule has 1 unspecified atom stereocenters. The summed E-state index contributed by atoms with van der Waals surface area (Å²) >= 11 is 0. The largest absolute Gasteiger partial charge is 0.493 e. The number of rotatable bonds is 9. The number of hydrogen-bond donors (Lipinski definition) is 0. The monoisotopic (exact) mass is 544 g/mol. The lowest BCUT2D eigenvalue weighted by atomic mass is 9.90. The Morgan fingerprint density at radius 3 is 2.50 bits per heavy atom. The van der Waals surface area contributed by atoms with E-state index < -0.39 is 0 Å². The van der Waals surface area contributed by atoms with Crippen molar-refractivity contribution in [2.45, 2.75) is 58.5 Å². The van der Waals surface area contributed by atoms with Crippen molar-refractivity contribution in [1.82, 2.24) is 0 Å². The lowest BCUT2D eigenvalue weighted by Gasteiger charge is -2.19. The van der Waals surface area contributed by atoms with Crippen molar-refractivity contribution in [1.29, 1.82) is 0 Å². The van der Waals surface area contributed by atoms with Gasteiger partial charge in [0, 0.05) is 18.1 Å². The van der Waals surface area contributed by atoms with E-state index in [-0.39, 0.29) is 29.7 Å². The minimum atomic E-state index is -0.342. The van der Waals surface area contributed by atoms with Crippen LogP contribution in [-0.2, 0) is 20.7 Å². The molecular formula is C34H37FO5. The molecular weight excluding hydrogens is 507 g/mol. The molecule has 6 heteroatoms. The molecule has 1 saturated heterocycles. The van der Waals surface area contributed by atoms with Crippen LogP contribution in [0.3, 0.4) is 0 Å². The highest BCUT2D eigenvalue weighted by Gasteiger charge is 2.45. The highest BCUT2D eigenvalue weighted by Crippen LogP contribution is 2.49. The highest BCUT2D eigenvalue weighted by molar-refractivity contribution is 5.78. The van der Waals surface area contributed by atoms with E-state index in [1.165, 1.54) is 0 Å². The van der Waals surface area contributed by atoms with Gasteiger partial charge in [-0.05, 0) is 116 Å². The van der Waals surface area contributed by atoms with Crippen molar-refractivity contribution >= 4 is 5.97 Å². The highest BCUT2D eigenvalue weighted by atomic mass is 19.1. The zero-order valence-electron chi connectivity index (χ0n) is 23.5. The molecule has 2 fully saturated rings. The fraction of sp³-hybridized carbons (Fsp3) is 0.441. The fourth-order valence-electron chi connectivity index (χ4n) is 6.42. The van der Waals surface area contributed by atoms with Gasteiger partial charge in [0.15, 0.2) is 0 Å². The molecule has 3 aromatic carbocycles. The summed E-state index contributed by atoms with van der Waals surface area (Å²) in [5.74, 6) is 1.85. The molecule has 40 heavy (non-hydrogen) atoms. The lowest BCUT2D eigenvalue weighted by molar-refractivity contribution is -0.144. The summed E-state index contributed by atoms with van der Waals surface area (Å²) in [7, 11) is 0. The average Bonchev–Trinajstić information content (AvgIpc) is 3.34. The summed E-state index contributed by atoms with van der Waals surface area (Å²) in [6, 6.07) is 15.5. The number of benzene rings is 3. The molecule has 1 aliphatic heterocycles. The normalized spacial score (nSPS) is 23.1. The van der Waals surface area contributed by atoms with Crippen LogP contribution in [0.15, 0.2) is 48.5 Å². The first-order valence-corrected chi connectivity index (χ1v) is 14.5. The Labute approximate surface area is 235 Å². The van der Waals surface area contributed by atoms with Gasteiger partial charge in [0.2, 0.25) is 0 Å². The van der Waals surface area contributed by atoms with Crippen molar-refractivity contribution in [3.63, 3.8) is 0 Å². The van der Waals surface area contributed by atoms with Gasteiger partial charge in [-0.25, -0.2) is 4.39 Å². The SMILES string of the molecule is CCOC(=O)[C@H]1C[C@@H]1c1ccc(O[C@@H]2CCc3c(-c4c(C)cc(OCC5CCOC5)cc4C)ccc(F)c32)cc1. The summed E-state index contributed by atoms with van der Waals surface area (Å²) in [6.07, 6.45) is 3.01. The summed E-state index contributed by atoms with van der Waals surface area (Å²) in [4.78, 5) is 12.0. The lowest BCUT2D eigenvalue weighted by Crippen LogP contribution is -2.12. The number of hydrogen-bond acceptors (Lipinski definition) is 5. The Kier molecular flexibility index (Phi) is 7.54. The van der Waals surface area contributed by atoms with Gasteiger partial charge in [0.1, 0.15) is 23.4 Å². The number of halogens is 1. The van der Waals surface area contributed by atoms with Crippen LogP contribution in [0.4, 0.5) is 4.39 Å². The van der Waals surface area contributed by atoms with E-state index in [2.05, 4.69) is 26.0 Å². The minimum Gasteiger partial charge on any atom is -0.493 e. The first-order chi connectivity index (χ1) is 19.4. The molecule has 0 amide bonds. The zero-order valence-corrected chi connectivity index (χ0v) is 23.5. The third kappa shape index (κ3) is 5.34. The zero-order chi connectivity index (χ0) is 27.8. The molecule has 1 saturated carbocycles. The van der Waals surface area contributed by atoms with Gasteiger partial charge in [-0.15, -0.1) is 0 Å². The number of esters is 1. The smallest absolute Gasteiger partial charge is 0.309 e. The van der Waals surface area contributed by atoms with Crippen LogP contribution in [0.1, 0.15) is 66.0 Å². The van der Waals surface area contributed by atoms with Crippen LogP contribution in [0.2, 0.25) is 0 Å². The number of carbonyl (C=O) groups is 1. The van der Waals surface area contributed by atoms with E-state index in [0.29, 0.717) is 30.4 Å².